The maximum atomic E-state index is 10.1. The quantitative estimate of drug-likeness (QED) is 0.434. The zero-order valence-electron chi connectivity index (χ0n) is 17.2. The third-order valence-corrected chi connectivity index (χ3v) is 5.84. The van der Waals surface area contributed by atoms with Crippen LogP contribution in [0.1, 0.15) is 30.1 Å². The van der Waals surface area contributed by atoms with Crippen molar-refractivity contribution in [2.45, 2.75) is 18.9 Å². The Balaban J connectivity index is 1.60. The number of piperidine rings is 1. The maximum absolute atomic E-state index is 10.1. The molecule has 0 atom stereocenters. The summed E-state index contributed by atoms with van der Waals surface area (Å²) >= 11 is 3.37. The van der Waals surface area contributed by atoms with Crippen molar-refractivity contribution in [1.29, 1.82) is 0 Å². The Hall–Kier alpha value is -3.27. The molecular weight excluding hydrogens is 460 g/mol. The van der Waals surface area contributed by atoms with Gasteiger partial charge in [0.1, 0.15) is 11.4 Å². The number of phenols is 1. The smallest absolute Gasteiger partial charge is 0.225 e. The minimum Gasteiger partial charge on any atom is -0.507 e. The van der Waals surface area contributed by atoms with Gasteiger partial charge in [0.15, 0.2) is 5.82 Å². The lowest BCUT2D eigenvalue weighted by molar-refractivity contribution is 0.364. The van der Waals surface area contributed by atoms with E-state index in [1.165, 1.54) is 0 Å². The molecule has 0 bridgehead atoms. The molecule has 0 amide bonds. The average molecular weight is 485 g/mol. The van der Waals surface area contributed by atoms with Crippen LogP contribution in [0.3, 0.4) is 0 Å². The summed E-state index contributed by atoms with van der Waals surface area (Å²) in [6.45, 7) is 1.61. The Bertz CT molecular complexity index is 1090. The molecule has 2 aromatic heterocycles. The number of halogens is 1. The monoisotopic (exact) mass is 484 g/mol. The van der Waals surface area contributed by atoms with Gasteiger partial charge in [-0.2, -0.15) is 5.10 Å². The molecule has 0 saturated carbocycles. The Kier molecular flexibility index (Phi) is 5.99. The van der Waals surface area contributed by atoms with Crippen LogP contribution in [0.5, 0.6) is 5.75 Å². The van der Waals surface area contributed by atoms with Gasteiger partial charge in [-0.1, -0.05) is 12.1 Å². The van der Waals surface area contributed by atoms with E-state index in [0.717, 1.165) is 42.0 Å². The highest BCUT2D eigenvalue weighted by Crippen LogP contribution is 2.33. The number of nitrogens with one attached hydrogen (secondary N) is 1. The topological polar surface area (TPSA) is 131 Å². The molecule has 31 heavy (non-hydrogen) atoms. The third-order valence-electron chi connectivity index (χ3n) is 5.43. The zero-order chi connectivity index (χ0) is 22.0. The Morgan fingerprint density at radius 2 is 1.90 bits per heavy atom. The summed E-state index contributed by atoms with van der Waals surface area (Å²) in [6.07, 6.45) is 7.02. The van der Waals surface area contributed by atoms with Crippen LogP contribution in [0.15, 0.2) is 41.1 Å². The number of para-hydroxylation sites is 1. The predicted molar refractivity (Wildman–Crippen MR) is 127 cm³/mol. The molecular formula is C21H25BrN8O. The minimum atomic E-state index is 0.123. The SMILES string of the molecule is CNc1nn(C2CCN(c3ncc(Br)cn3)CC2)c(/C=C(\N)c2ccccc2O)c1N. The summed E-state index contributed by atoms with van der Waals surface area (Å²) in [5, 5.41) is 17.9. The first-order valence-corrected chi connectivity index (χ1v) is 10.8. The Morgan fingerprint density at radius 1 is 1.23 bits per heavy atom. The second-order valence-electron chi connectivity index (χ2n) is 7.38. The molecule has 4 rings (SSSR count). The van der Waals surface area contributed by atoms with Crippen molar-refractivity contribution in [3.05, 3.63) is 52.4 Å². The van der Waals surface area contributed by atoms with Gasteiger partial charge in [-0.25, -0.2) is 9.97 Å². The standard InChI is InChI=1S/C21H25BrN8O/c1-25-20-19(24)17(10-16(23)15-4-2-3-5-18(15)31)30(28-20)14-6-8-29(9-7-14)21-26-11-13(22)12-27-21/h2-5,10-12,14,31H,6-9,23-24H2,1H3,(H,25,28)/b16-10-. The van der Waals surface area contributed by atoms with Gasteiger partial charge in [0.05, 0.1) is 16.2 Å². The number of benzene rings is 1. The fourth-order valence-electron chi connectivity index (χ4n) is 3.79. The number of aromatic hydroxyl groups is 1. The first-order chi connectivity index (χ1) is 15.0. The summed E-state index contributed by atoms with van der Waals surface area (Å²) < 4.78 is 2.80. The van der Waals surface area contributed by atoms with Gasteiger partial charge in [-0.15, -0.1) is 0 Å². The molecule has 9 nitrogen and oxygen atoms in total. The molecule has 0 spiro atoms. The Labute approximate surface area is 188 Å². The number of hydrogen-bond donors (Lipinski definition) is 4. The van der Waals surface area contributed by atoms with E-state index in [9.17, 15) is 5.11 Å². The lowest BCUT2D eigenvalue weighted by Gasteiger charge is -2.32. The van der Waals surface area contributed by atoms with Gasteiger partial charge in [-0.05, 0) is 47.0 Å². The van der Waals surface area contributed by atoms with E-state index in [-0.39, 0.29) is 11.8 Å². The number of nitrogens with two attached hydrogens (primary N) is 2. The Morgan fingerprint density at radius 3 is 2.55 bits per heavy atom. The first-order valence-electron chi connectivity index (χ1n) is 10.0. The third kappa shape index (κ3) is 4.29. The molecule has 6 N–H and O–H groups in total. The van der Waals surface area contributed by atoms with Crippen LogP contribution in [0.4, 0.5) is 17.5 Å². The van der Waals surface area contributed by atoms with E-state index >= 15 is 0 Å². The van der Waals surface area contributed by atoms with Crippen LogP contribution in [-0.2, 0) is 0 Å². The number of anilines is 3. The van der Waals surface area contributed by atoms with E-state index in [4.69, 9.17) is 16.6 Å². The first kappa shape index (κ1) is 21.0. The second-order valence-corrected chi connectivity index (χ2v) is 8.29. The molecule has 162 valence electrons. The van der Waals surface area contributed by atoms with E-state index in [0.29, 0.717) is 22.8 Å². The number of phenolic OH excluding ortho intramolecular Hbond substituents is 1. The van der Waals surface area contributed by atoms with Crippen LogP contribution >= 0.6 is 15.9 Å². The van der Waals surface area contributed by atoms with Crippen LogP contribution in [-0.4, -0.2) is 45.0 Å². The molecule has 1 aliphatic heterocycles. The second kappa shape index (κ2) is 8.84. The highest BCUT2D eigenvalue weighted by atomic mass is 79.9. The number of nitrogen functional groups attached to an aromatic ring is 1. The van der Waals surface area contributed by atoms with E-state index in [1.807, 2.05) is 10.7 Å². The minimum absolute atomic E-state index is 0.123. The molecule has 1 aliphatic rings. The fourth-order valence-corrected chi connectivity index (χ4v) is 3.99. The molecule has 1 saturated heterocycles. The summed E-state index contributed by atoms with van der Waals surface area (Å²) in [7, 11) is 1.79. The van der Waals surface area contributed by atoms with Crippen molar-refractivity contribution < 1.29 is 5.11 Å². The largest absolute Gasteiger partial charge is 0.507 e. The average Bonchev–Trinajstić information content (AvgIpc) is 3.10. The number of aromatic nitrogens is 4. The highest BCUT2D eigenvalue weighted by molar-refractivity contribution is 9.10. The molecule has 3 aromatic rings. The van der Waals surface area contributed by atoms with Crippen molar-refractivity contribution in [3.8, 4) is 5.75 Å². The van der Waals surface area contributed by atoms with Crippen molar-refractivity contribution in [2.24, 2.45) is 5.73 Å². The molecule has 10 heteroatoms. The molecule has 0 unspecified atom stereocenters. The molecule has 3 heterocycles. The number of nitrogens with zero attached hydrogens (tertiary/aromatic N) is 5. The number of hydrogen-bond acceptors (Lipinski definition) is 8. The van der Waals surface area contributed by atoms with E-state index < -0.39 is 0 Å². The molecule has 1 fully saturated rings. The lowest BCUT2D eigenvalue weighted by atomic mass is 10.0. The lowest BCUT2D eigenvalue weighted by Crippen LogP contribution is -2.36. The highest BCUT2D eigenvalue weighted by Gasteiger charge is 2.26. The van der Waals surface area contributed by atoms with Crippen molar-refractivity contribution in [2.75, 3.05) is 36.1 Å². The summed E-state index contributed by atoms with van der Waals surface area (Å²) in [5.41, 5.74) is 14.9. The molecule has 0 aliphatic carbocycles. The van der Waals surface area contributed by atoms with Gasteiger partial charge in [0, 0.05) is 43.8 Å². The van der Waals surface area contributed by atoms with Gasteiger partial charge in [0.25, 0.3) is 0 Å². The summed E-state index contributed by atoms with van der Waals surface area (Å²) in [5.74, 6) is 1.45. The summed E-state index contributed by atoms with van der Waals surface area (Å²) in [6, 6.07) is 7.12. The van der Waals surface area contributed by atoms with Gasteiger partial charge in [-0.3, -0.25) is 4.68 Å². The van der Waals surface area contributed by atoms with E-state index in [1.54, 1.807) is 43.7 Å². The van der Waals surface area contributed by atoms with Crippen LogP contribution < -0.4 is 21.7 Å². The molecule has 0 radical (unpaired) electrons. The fraction of sp³-hybridized carbons (Fsp3) is 0.286. The maximum Gasteiger partial charge on any atom is 0.225 e. The molecule has 1 aromatic carbocycles. The van der Waals surface area contributed by atoms with Crippen molar-refractivity contribution >= 4 is 45.2 Å². The van der Waals surface area contributed by atoms with Crippen LogP contribution in [0.25, 0.3) is 11.8 Å². The predicted octanol–water partition coefficient (Wildman–Crippen LogP) is 3.06. The van der Waals surface area contributed by atoms with Gasteiger partial charge >= 0.3 is 0 Å². The van der Waals surface area contributed by atoms with Crippen molar-refractivity contribution in [3.63, 3.8) is 0 Å². The van der Waals surface area contributed by atoms with Gasteiger partial charge < -0.3 is 26.8 Å². The van der Waals surface area contributed by atoms with E-state index in [2.05, 4.69) is 36.1 Å². The van der Waals surface area contributed by atoms with Crippen LogP contribution in [0, 0.1) is 0 Å². The van der Waals surface area contributed by atoms with Crippen LogP contribution in [0.2, 0.25) is 0 Å². The zero-order valence-corrected chi connectivity index (χ0v) is 18.7. The van der Waals surface area contributed by atoms with Gasteiger partial charge in [0.2, 0.25) is 5.95 Å². The van der Waals surface area contributed by atoms with Crippen molar-refractivity contribution in [1.82, 2.24) is 19.7 Å². The normalized spacial score (nSPS) is 15.3. The number of rotatable bonds is 5. The summed E-state index contributed by atoms with van der Waals surface area (Å²) in [4.78, 5) is 11.0.